The third-order valence-corrected chi connectivity index (χ3v) is 4.37. The molecule has 2 fully saturated rings. The van der Waals surface area contributed by atoms with Crippen LogP contribution in [0.15, 0.2) is 18.5 Å². The Labute approximate surface area is 118 Å². The number of rotatable bonds is 3. The first kappa shape index (κ1) is 13.1. The summed E-state index contributed by atoms with van der Waals surface area (Å²) >= 11 is 0. The molecule has 0 radical (unpaired) electrons. The highest BCUT2D eigenvalue weighted by Gasteiger charge is 2.52. The Balaban J connectivity index is 1.84. The van der Waals surface area contributed by atoms with Gasteiger partial charge in [-0.15, -0.1) is 0 Å². The Hall–Kier alpha value is -1.91. The van der Waals surface area contributed by atoms with E-state index >= 15 is 0 Å². The number of nitrogens with one attached hydrogen (secondary N) is 1. The molecule has 106 valence electrons. The molecule has 0 spiro atoms. The van der Waals surface area contributed by atoms with Crippen molar-refractivity contribution in [2.24, 2.45) is 5.92 Å². The molecule has 1 aliphatic heterocycles. The zero-order chi connectivity index (χ0) is 14.3. The minimum Gasteiger partial charge on any atom is -0.340 e. The molecule has 1 saturated carbocycles. The fourth-order valence-electron chi connectivity index (χ4n) is 2.89. The van der Waals surface area contributed by atoms with E-state index in [1.165, 1.54) is 0 Å². The largest absolute Gasteiger partial charge is 0.340 e. The van der Waals surface area contributed by atoms with E-state index in [2.05, 4.69) is 10.3 Å². The van der Waals surface area contributed by atoms with Crippen molar-refractivity contribution in [2.75, 3.05) is 6.54 Å². The third kappa shape index (κ3) is 2.17. The van der Waals surface area contributed by atoms with Crippen LogP contribution in [0.2, 0.25) is 0 Å². The molecule has 2 aliphatic rings. The monoisotopic (exact) mass is 273 g/mol. The van der Waals surface area contributed by atoms with Crippen LogP contribution >= 0.6 is 0 Å². The van der Waals surface area contributed by atoms with Gasteiger partial charge in [0.2, 0.25) is 11.8 Å². The van der Waals surface area contributed by atoms with Gasteiger partial charge in [0.15, 0.2) is 0 Å². The Morgan fingerprint density at radius 3 is 2.85 bits per heavy atom. The molecule has 2 heterocycles. The van der Waals surface area contributed by atoms with Gasteiger partial charge in [0.1, 0.15) is 5.54 Å². The van der Waals surface area contributed by atoms with Crippen molar-refractivity contribution >= 4 is 11.8 Å². The van der Waals surface area contributed by atoms with E-state index in [0.29, 0.717) is 6.54 Å². The third-order valence-electron chi connectivity index (χ3n) is 4.37. The Bertz CT molecular complexity index is 568. The second-order valence-electron chi connectivity index (χ2n) is 5.99. The maximum atomic E-state index is 12.7. The SMILES string of the molecule is Cc1ccncc1CN1CC(=O)NC(C)(C2CC2)C1=O. The van der Waals surface area contributed by atoms with Crippen molar-refractivity contribution in [3.05, 3.63) is 29.6 Å². The van der Waals surface area contributed by atoms with Crippen molar-refractivity contribution in [3.63, 3.8) is 0 Å². The molecule has 20 heavy (non-hydrogen) atoms. The average Bonchev–Trinajstić information content (AvgIpc) is 3.22. The van der Waals surface area contributed by atoms with Gasteiger partial charge in [0.25, 0.3) is 0 Å². The van der Waals surface area contributed by atoms with Gasteiger partial charge in [-0.1, -0.05) is 0 Å². The lowest BCUT2D eigenvalue weighted by Crippen LogP contribution is -2.66. The summed E-state index contributed by atoms with van der Waals surface area (Å²) in [5.74, 6) is 0.250. The predicted molar refractivity (Wildman–Crippen MR) is 73.7 cm³/mol. The van der Waals surface area contributed by atoms with Crippen molar-refractivity contribution < 1.29 is 9.59 Å². The summed E-state index contributed by atoms with van der Waals surface area (Å²) in [6.07, 6.45) is 5.53. The second kappa shape index (κ2) is 4.58. The smallest absolute Gasteiger partial charge is 0.249 e. The van der Waals surface area contributed by atoms with Crippen molar-refractivity contribution in [1.29, 1.82) is 0 Å². The van der Waals surface area contributed by atoms with E-state index in [9.17, 15) is 9.59 Å². The molecule has 5 heteroatoms. The Morgan fingerprint density at radius 2 is 2.20 bits per heavy atom. The number of hydrogen-bond donors (Lipinski definition) is 1. The highest BCUT2D eigenvalue weighted by atomic mass is 16.2. The molecule has 1 atom stereocenters. The number of nitrogens with zero attached hydrogens (tertiary/aromatic N) is 2. The first-order valence-corrected chi connectivity index (χ1v) is 7.00. The maximum Gasteiger partial charge on any atom is 0.249 e. The molecule has 1 aromatic heterocycles. The lowest BCUT2D eigenvalue weighted by molar-refractivity contribution is -0.150. The molecule has 1 aliphatic carbocycles. The van der Waals surface area contributed by atoms with Crippen LogP contribution in [0, 0.1) is 12.8 Å². The number of amides is 2. The number of hydrogen-bond acceptors (Lipinski definition) is 3. The lowest BCUT2D eigenvalue weighted by atomic mass is 9.91. The summed E-state index contributed by atoms with van der Waals surface area (Å²) in [5.41, 5.74) is 1.37. The molecule has 0 aromatic carbocycles. The quantitative estimate of drug-likeness (QED) is 0.894. The molecule has 1 aromatic rings. The van der Waals surface area contributed by atoms with E-state index in [0.717, 1.165) is 24.0 Å². The highest BCUT2D eigenvalue weighted by molar-refractivity contribution is 5.98. The van der Waals surface area contributed by atoms with Gasteiger partial charge in [-0.25, -0.2) is 0 Å². The molecule has 3 rings (SSSR count). The minimum absolute atomic E-state index is 0.0304. The fraction of sp³-hybridized carbons (Fsp3) is 0.533. The van der Waals surface area contributed by atoms with Gasteiger partial charge < -0.3 is 10.2 Å². The van der Waals surface area contributed by atoms with Crippen molar-refractivity contribution in [3.8, 4) is 0 Å². The molecule has 1 N–H and O–H groups in total. The summed E-state index contributed by atoms with van der Waals surface area (Å²) in [7, 11) is 0. The van der Waals surface area contributed by atoms with Crippen LogP contribution in [0.25, 0.3) is 0 Å². The van der Waals surface area contributed by atoms with E-state index in [1.54, 1.807) is 17.3 Å². The summed E-state index contributed by atoms with van der Waals surface area (Å²) in [6, 6.07) is 1.92. The van der Waals surface area contributed by atoms with Crippen LogP contribution in [0.1, 0.15) is 30.9 Å². The minimum atomic E-state index is -0.717. The number of pyridine rings is 1. The van der Waals surface area contributed by atoms with Crippen LogP contribution in [-0.2, 0) is 16.1 Å². The lowest BCUT2D eigenvalue weighted by Gasteiger charge is -2.40. The first-order valence-electron chi connectivity index (χ1n) is 7.00. The number of aromatic nitrogens is 1. The van der Waals surface area contributed by atoms with E-state index in [1.807, 2.05) is 19.9 Å². The fourth-order valence-corrected chi connectivity index (χ4v) is 2.89. The summed E-state index contributed by atoms with van der Waals surface area (Å²) in [6.45, 7) is 4.43. The van der Waals surface area contributed by atoms with Crippen LogP contribution in [0.4, 0.5) is 0 Å². The highest BCUT2D eigenvalue weighted by Crippen LogP contribution is 2.41. The number of carbonyl (C=O) groups excluding carboxylic acids is 2. The van der Waals surface area contributed by atoms with E-state index in [-0.39, 0.29) is 24.3 Å². The molecular formula is C15H19N3O2. The molecule has 1 saturated heterocycles. The molecule has 0 bridgehead atoms. The standard InChI is InChI=1S/C15H19N3O2/c1-10-5-6-16-7-11(10)8-18-9-13(19)17-15(2,14(18)20)12-3-4-12/h5-7,12H,3-4,8-9H2,1-2H3,(H,17,19). The van der Waals surface area contributed by atoms with Gasteiger partial charge in [-0.2, -0.15) is 0 Å². The number of piperazine rings is 1. The maximum absolute atomic E-state index is 12.7. The summed E-state index contributed by atoms with van der Waals surface area (Å²) in [5, 5.41) is 2.89. The Kier molecular flexibility index (Phi) is 3.00. The average molecular weight is 273 g/mol. The summed E-state index contributed by atoms with van der Waals surface area (Å²) < 4.78 is 0. The van der Waals surface area contributed by atoms with E-state index in [4.69, 9.17) is 0 Å². The number of carbonyl (C=O) groups is 2. The zero-order valence-corrected chi connectivity index (χ0v) is 11.8. The van der Waals surface area contributed by atoms with Crippen molar-refractivity contribution in [2.45, 2.75) is 38.8 Å². The zero-order valence-electron chi connectivity index (χ0n) is 11.8. The van der Waals surface area contributed by atoms with E-state index < -0.39 is 5.54 Å². The van der Waals surface area contributed by atoms with Crippen LogP contribution in [-0.4, -0.2) is 33.8 Å². The van der Waals surface area contributed by atoms with Crippen LogP contribution in [0.5, 0.6) is 0 Å². The van der Waals surface area contributed by atoms with Crippen molar-refractivity contribution in [1.82, 2.24) is 15.2 Å². The Morgan fingerprint density at radius 1 is 1.45 bits per heavy atom. The van der Waals surface area contributed by atoms with Crippen LogP contribution in [0.3, 0.4) is 0 Å². The van der Waals surface area contributed by atoms with Crippen LogP contribution < -0.4 is 5.32 Å². The van der Waals surface area contributed by atoms with Gasteiger partial charge >= 0.3 is 0 Å². The van der Waals surface area contributed by atoms with Gasteiger partial charge in [0.05, 0.1) is 6.54 Å². The molecule has 2 amide bonds. The topological polar surface area (TPSA) is 62.3 Å². The molecule has 1 unspecified atom stereocenters. The molecule has 5 nitrogen and oxygen atoms in total. The normalized spacial score (nSPS) is 26.6. The second-order valence-corrected chi connectivity index (χ2v) is 5.99. The number of aryl methyl sites for hydroxylation is 1. The first-order chi connectivity index (χ1) is 9.50. The molecular weight excluding hydrogens is 254 g/mol. The predicted octanol–water partition coefficient (Wildman–Crippen LogP) is 1.02. The van der Waals surface area contributed by atoms with Gasteiger partial charge in [0, 0.05) is 18.9 Å². The van der Waals surface area contributed by atoms with Gasteiger partial charge in [-0.05, 0) is 49.8 Å². The van der Waals surface area contributed by atoms with Gasteiger partial charge in [-0.3, -0.25) is 14.6 Å². The summed E-state index contributed by atoms with van der Waals surface area (Å²) in [4.78, 5) is 30.4.